The van der Waals surface area contributed by atoms with Gasteiger partial charge in [-0.05, 0) is 24.7 Å². The third kappa shape index (κ3) is 2.38. The fourth-order valence-corrected chi connectivity index (χ4v) is 4.69. The van der Waals surface area contributed by atoms with Crippen LogP contribution >= 0.6 is 0 Å². The van der Waals surface area contributed by atoms with E-state index >= 15 is 0 Å². The van der Waals surface area contributed by atoms with Crippen molar-refractivity contribution in [1.29, 1.82) is 0 Å². The van der Waals surface area contributed by atoms with Crippen LogP contribution in [0.25, 0.3) is 10.9 Å². The summed E-state index contributed by atoms with van der Waals surface area (Å²) in [4.78, 5) is 17.7. The second kappa shape index (κ2) is 6.13. The molecule has 2 aliphatic rings. The number of nitrogens with zero attached hydrogens (tertiary/aromatic N) is 3. The summed E-state index contributed by atoms with van der Waals surface area (Å²) in [6, 6.07) is 16.9. The number of rotatable bonds is 1. The minimum absolute atomic E-state index is 0.119. The third-order valence-corrected chi connectivity index (χ3v) is 5.93. The number of hydrogen-bond donors (Lipinski definition) is 0. The molecule has 5 nitrogen and oxygen atoms in total. The number of para-hydroxylation sites is 2. The molecule has 1 atom stereocenters. The first-order valence-electron chi connectivity index (χ1n) is 9.41. The number of carbonyl (C=O) groups is 1. The van der Waals surface area contributed by atoms with Crippen LogP contribution in [0.5, 0.6) is 0 Å². The lowest BCUT2D eigenvalue weighted by Gasteiger charge is -2.41. The largest absolute Gasteiger partial charge is 0.465 e. The summed E-state index contributed by atoms with van der Waals surface area (Å²) in [5.74, 6) is -0.251. The van der Waals surface area contributed by atoms with E-state index in [1.807, 2.05) is 18.2 Å². The average Bonchev–Trinajstić information content (AvgIpc) is 2.94. The summed E-state index contributed by atoms with van der Waals surface area (Å²) in [7, 11) is 3.62. The highest BCUT2D eigenvalue weighted by atomic mass is 16.5. The van der Waals surface area contributed by atoms with E-state index in [0.29, 0.717) is 5.56 Å². The van der Waals surface area contributed by atoms with Gasteiger partial charge >= 0.3 is 5.97 Å². The molecule has 2 aromatic carbocycles. The van der Waals surface area contributed by atoms with Crippen LogP contribution in [0.2, 0.25) is 0 Å². The summed E-state index contributed by atoms with van der Waals surface area (Å²) in [6.45, 7) is 3.60. The molecule has 3 heterocycles. The first-order valence-corrected chi connectivity index (χ1v) is 9.41. The number of benzene rings is 2. The molecule has 1 fully saturated rings. The van der Waals surface area contributed by atoms with Gasteiger partial charge in [-0.1, -0.05) is 36.4 Å². The quantitative estimate of drug-likeness (QED) is 0.624. The van der Waals surface area contributed by atoms with Crippen molar-refractivity contribution in [2.45, 2.75) is 12.6 Å². The Morgan fingerprint density at radius 1 is 1.07 bits per heavy atom. The molecule has 1 aromatic heterocycles. The van der Waals surface area contributed by atoms with Crippen molar-refractivity contribution in [1.82, 2.24) is 9.47 Å². The molecule has 0 aliphatic carbocycles. The number of anilines is 1. The van der Waals surface area contributed by atoms with E-state index in [2.05, 4.69) is 51.7 Å². The second-order valence-corrected chi connectivity index (χ2v) is 7.46. The number of aromatic nitrogens is 1. The van der Waals surface area contributed by atoms with Gasteiger partial charge in [-0.3, -0.25) is 0 Å². The van der Waals surface area contributed by atoms with Crippen molar-refractivity contribution >= 4 is 22.6 Å². The van der Waals surface area contributed by atoms with Crippen LogP contribution in [0.15, 0.2) is 48.5 Å². The normalized spacial score (nSPS) is 19.2. The number of esters is 1. The van der Waals surface area contributed by atoms with Crippen molar-refractivity contribution in [2.24, 2.45) is 0 Å². The summed E-state index contributed by atoms with van der Waals surface area (Å²) >= 11 is 0. The van der Waals surface area contributed by atoms with Gasteiger partial charge < -0.3 is 19.1 Å². The summed E-state index contributed by atoms with van der Waals surface area (Å²) in [6.07, 6.45) is 0. The van der Waals surface area contributed by atoms with Crippen molar-refractivity contribution in [3.63, 3.8) is 0 Å². The lowest BCUT2D eigenvalue weighted by Crippen LogP contribution is -2.47. The Balaban J connectivity index is 1.85. The van der Waals surface area contributed by atoms with Crippen LogP contribution in [0.4, 0.5) is 5.69 Å². The molecule has 0 saturated carbocycles. The zero-order valence-electron chi connectivity index (χ0n) is 15.7. The smallest absolute Gasteiger partial charge is 0.340 e. The second-order valence-electron chi connectivity index (χ2n) is 7.46. The van der Waals surface area contributed by atoms with Gasteiger partial charge in [-0.25, -0.2) is 4.79 Å². The molecule has 5 rings (SSSR count). The average molecular weight is 361 g/mol. The van der Waals surface area contributed by atoms with Crippen molar-refractivity contribution in [3.05, 3.63) is 65.4 Å². The first-order chi connectivity index (χ1) is 13.2. The Morgan fingerprint density at radius 3 is 2.70 bits per heavy atom. The van der Waals surface area contributed by atoms with Crippen LogP contribution in [-0.2, 0) is 11.3 Å². The molecule has 27 heavy (non-hydrogen) atoms. The highest BCUT2D eigenvalue weighted by Crippen LogP contribution is 2.41. The first kappa shape index (κ1) is 16.4. The highest BCUT2D eigenvalue weighted by Gasteiger charge is 2.37. The van der Waals surface area contributed by atoms with Gasteiger partial charge in [0.2, 0.25) is 0 Å². The Labute approximate surface area is 158 Å². The Bertz CT molecular complexity index is 1040. The van der Waals surface area contributed by atoms with E-state index in [9.17, 15) is 4.79 Å². The fourth-order valence-electron chi connectivity index (χ4n) is 4.69. The number of fused-ring (bicyclic) bond motifs is 7. The van der Waals surface area contributed by atoms with Gasteiger partial charge in [0.05, 0.1) is 24.4 Å². The van der Waals surface area contributed by atoms with E-state index < -0.39 is 0 Å². The minimum atomic E-state index is -0.251. The maximum atomic E-state index is 12.8. The standard InChI is InChI=1S/C22H23N3O2/c1-23-11-12-24-17-9-5-3-7-15(17)13-25-18-10-6-4-8-16(18)20(22(26)27-2)21(25)19(24)14-23/h3-10,19H,11-14H2,1-2H3/t19-/m1/s1. The molecule has 2 aliphatic heterocycles. The Morgan fingerprint density at radius 2 is 1.85 bits per heavy atom. The van der Waals surface area contributed by atoms with E-state index in [0.717, 1.165) is 42.8 Å². The summed E-state index contributed by atoms with van der Waals surface area (Å²) in [5.41, 5.74) is 5.46. The molecule has 5 heteroatoms. The van der Waals surface area contributed by atoms with Gasteiger partial charge in [-0.15, -0.1) is 0 Å². The van der Waals surface area contributed by atoms with Crippen molar-refractivity contribution < 1.29 is 9.53 Å². The van der Waals surface area contributed by atoms with Crippen LogP contribution in [0, 0.1) is 0 Å². The Kier molecular flexibility index (Phi) is 3.72. The number of ether oxygens (including phenoxy) is 1. The Hall–Kier alpha value is -2.79. The number of hydrogen-bond acceptors (Lipinski definition) is 4. The van der Waals surface area contributed by atoms with E-state index in [1.165, 1.54) is 18.4 Å². The molecule has 0 amide bonds. The third-order valence-electron chi connectivity index (χ3n) is 5.93. The van der Waals surface area contributed by atoms with Crippen LogP contribution in [-0.4, -0.2) is 49.2 Å². The number of likely N-dealkylation sites (N-methyl/N-ethyl adjacent to an activating group) is 1. The summed E-state index contributed by atoms with van der Waals surface area (Å²) < 4.78 is 7.53. The van der Waals surface area contributed by atoms with Crippen LogP contribution in [0.1, 0.15) is 27.7 Å². The number of methoxy groups -OCH3 is 1. The zero-order valence-corrected chi connectivity index (χ0v) is 15.7. The predicted molar refractivity (Wildman–Crippen MR) is 106 cm³/mol. The molecule has 138 valence electrons. The predicted octanol–water partition coefficient (Wildman–Crippen LogP) is 3.28. The van der Waals surface area contributed by atoms with Crippen molar-refractivity contribution in [2.75, 3.05) is 38.7 Å². The van der Waals surface area contributed by atoms with Crippen LogP contribution in [0.3, 0.4) is 0 Å². The van der Waals surface area contributed by atoms with Crippen LogP contribution < -0.4 is 4.90 Å². The molecule has 0 unspecified atom stereocenters. The molecule has 0 bridgehead atoms. The molecule has 3 aromatic rings. The van der Waals surface area contributed by atoms with E-state index in [-0.39, 0.29) is 12.0 Å². The molecule has 1 saturated heterocycles. The fraction of sp³-hybridized carbons (Fsp3) is 0.318. The molecule has 0 spiro atoms. The highest BCUT2D eigenvalue weighted by molar-refractivity contribution is 6.06. The molecule has 0 N–H and O–H groups in total. The SMILES string of the molecule is COC(=O)c1c2n(c3ccccc13)Cc1ccccc1N1CCN(C)C[C@H]21. The molecular weight excluding hydrogens is 338 g/mol. The summed E-state index contributed by atoms with van der Waals surface area (Å²) in [5, 5.41) is 0.979. The number of carbonyl (C=O) groups excluding carboxylic acids is 1. The van der Waals surface area contributed by atoms with E-state index in [4.69, 9.17) is 4.74 Å². The van der Waals surface area contributed by atoms with Gasteiger partial charge in [0.25, 0.3) is 0 Å². The van der Waals surface area contributed by atoms with Gasteiger partial charge in [-0.2, -0.15) is 0 Å². The van der Waals surface area contributed by atoms with Gasteiger partial charge in [0, 0.05) is 42.8 Å². The zero-order chi connectivity index (χ0) is 18.5. The van der Waals surface area contributed by atoms with E-state index in [1.54, 1.807) is 0 Å². The van der Waals surface area contributed by atoms with Crippen molar-refractivity contribution in [3.8, 4) is 0 Å². The lowest BCUT2D eigenvalue weighted by atomic mass is 10.0. The molecular formula is C22H23N3O2. The minimum Gasteiger partial charge on any atom is -0.465 e. The molecule has 0 radical (unpaired) electrons. The maximum absolute atomic E-state index is 12.8. The van der Waals surface area contributed by atoms with Gasteiger partial charge in [0.15, 0.2) is 0 Å². The lowest BCUT2D eigenvalue weighted by molar-refractivity contribution is 0.0600. The van der Waals surface area contributed by atoms with Gasteiger partial charge in [0.1, 0.15) is 0 Å². The number of piperazine rings is 1. The topological polar surface area (TPSA) is 37.7 Å². The monoisotopic (exact) mass is 361 g/mol. The maximum Gasteiger partial charge on any atom is 0.340 e.